The average molecular weight is 314 g/mol. The van der Waals surface area contributed by atoms with Gasteiger partial charge in [-0.2, -0.15) is 0 Å². The Kier molecular flexibility index (Phi) is 3.89. The zero-order valence-electron chi connectivity index (χ0n) is 10.2. The van der Waals surface area contributed by atoms with Crippen LogP contribution >= 0.6 is 27.3 Å². The molecule has 5 heteroatoms. The Hall–Kier alpha value is -0.810. The molecule has 0 fully saturated rings. The summed E-state index contributed by atoms with van der Waals surface area (Å²) in [5, 5.41) is 5.47. The number of nitrogens with one attached hydrogen (secondary N) is 1. The molecule has 0 aliphatic carbocycles. The maximum Gasteiger partial charge on any atom is 0.203 e. The van der Waals surface area contributed by atoms with Crippen molar-refractivity contribution in [3.05, 3.63) is 32.7 Å². The van der Waals surface area contributed by atoms with Crippen LogP contribution in [-0.4, -0.2) is 15.6 Å². The van der Waals surface area contributed by atoms with Crippen LogP contribution in [0.25, 0.3) is 0 Å². The number of halogens is 1. The first-order valence-electron chi connectivity index (χ1n) is 5.58. The lowest BCUT2D eigenvalue weighted by Gasteiger charge is -2.11. The predicted molar refractivity (Wildman–Crippen MR) is 76.8 cm³/mol. The molecule has 17 heavy (non-hydrogen) atoms. The summed E-state index contributed by atoms with van der Waals surface area (Å²) in [6.45, 7) is 7.13. The Labute approximate surface area is 114 Å². The summed E-state index contributed by atoms with van der Waals surface area (Å²) >= 11 is 5.24. The van der Waals surface area contributed by atoms with Crippen molar-refractivity contribution < 1.29 is 0 Å². The molecule has 3 nitrogen and oxygen atoms in total. The molecule has 0 saturated heterocycles. The molecule has 2 aromatic heterocycles. The summed E-state index contributed by atoms with van der Waals surface area (Å²) in [5.41, 5.74) is 1.05. The highest BCUT2D eigenvalue weighted by molar-refractivity contribution is 9.10. The van der Waals surface area contributed by atoms with Gasteiger partial charge in [0.1, 0.15) is 0 Å². The standard InChI is InChI=1S/C12H16BrN3S/c1-8(2)14-12-15-9(3)5-16(12)6-11-4-10(13)7-17-11/h4-5,7-8H,6H2,1-3H3,(H,14,15). The molecule has 2 heterocycles. The van der Waals surface area contributed by atoms with Gasteiger partial charge in [-0.25, -0.2) is 4.98 Å². The molecule has 0 amide bonds. The van der Waals surface area contributed by atoms with Gasteiger partial charge in [0, 0.05) is 27.0 Å². The Balaban J connectivity index is 2.19. The van der Waals surface area contributed by atoms with E-state index in [1.807, 2.05) is 6.92 Å². The third-order valence-electron chi connectivity index (χ3n) is 2.26. The second-order valence-electron chi connectivity index (χ2n) is 4.36. The Morgan fingerprint density at radius 1 is 1.53 bits per heavy atom. The van der Waals surface area contributed by atoms with Crippen LogP contribution in [-0.2, 0) is 6.54 Å². The van der Waals surface area contributed by atoms with Crippen molar-refractivity contribution in [1.29, 1.82) is 0 Å². The molecule has 0 aliphatic rings. The molecular weight excluding hydrogens is 298 g/mol. The van der Waals surface area contributed by atoms with Crippen LogP contribution in [0.4, 0.5) is 5.95 Å². The van der Waals surface area contributed by atoms with Crippen molar-refractivity contribution in [2.75, 3.05) is 5.32 Å². The fourth-order valence-corrected chi connectivity index (χ4v) is 3.09. The summed E-state index contributed by atoms with van der Waals surface area (Å²) < 4.78 is 3.31. The molecule has 2 rings (SSSR count). The van der Waals surface area contributed by atoms with Crippen LogP contribution in [0.15, 0.2) is 22.1 Å². The molecule has 0 saturated carbocycles. The van der Waals surface area contributed by atoms with E-state index in [0.29, 0.717) is 6.04 Å². The Bertz CT molecular complexity index is 502. The average Bonchev–Trinajstić information content (AvgIpc) is 2.74. The number of aryl methyl sites for hydroxylation is 1. The number of rotatable bonds is 4. The van der Waals surface area contributed by atoms with Gasteiger partial charge < -0.3 is 9.88 Å². The summed E-state index contributed by atoms with van der Waals surface area (Å²) in [7, 11) is 0. The lowest BCUT2D eigenvalue weighted by molar-refractivity contribution is 0.782. The largest absolute Gasteiger partial charge is 0.353 e. The third kappa shape index (κ3) is 3.33. The molecular formula is C12H16BrN3S. The first-order valence-corrected chi connectivity index (χ1v) is 7.25. The topological polar surface area (TPSA) is 29.9 Å². The minimum atomic E-state index is 0.394. The van der Waals surface area contributed by atoms with Gasteiger partial charge in [0.2, 0.25) is 5.95 Å². The van der Waals surface area contributed by atoms with E-state index in [9.17, 15) is 0 Å². The number of anilines is 1. The fourth-order valence-electron chi connectivity index (χ4n) is 1.65. The monoisotopic (exact) mass is 313 g/mol. The first-order chi connectivity index (χ1) is 8.04. The summed E-state index contributed by atoms with van der Waals surface area (Å²) in [6.07, 6.45) is 2.08. The van der Waals surface area contributed by atoms with E-state index >= 15 is 0 Å². The van der Waals surface area contributed by atoms with Gasteiger partial charge >= 0.3 is 0 Å². The van der Waals surface area contributed by atoms with Gasteiger partial charge in [-0.3, -0.25) is 0 Å². The van der Waals surface area contributed by atoms with Crippen molar-refractivity contribution >= 4 is 33.2 Å². The Morgan fingerprint density at radius 3 is 2.88 bits per heavy atom. The normalized spacial score (nSPS) is 11.1. The number of aromatic nitrogens is 2. The van der Waals surface area contributed by atoms with Crippen LogP contribution in [0.2, 0.25) is 0 Å². The molecule has 0 unspecified atom stereocenters. The van der Waals surface area contributed by atoms with Gasteiger partial charge in [0.25, 0.3) is 0 Å². The zero-order valence-corrected chi connectivity index (χ0v) is 12.6. The van der Waals surface area contributed by atoms with Crippen molar-refractivity contribution in [3.8, 4) is 0 Å². The summed E-state index contributed by atoms with van der Waals surface area (Å²) in [6, 6.07) is 2.55. The maximum absolute atomic E-state index is 4.50. The van der Waals surface area contributed by atoms with Crippen molar-refractivity contribution in [2.45, 2.75) is 33.4 Å². The minimum Gasteiger partial charge on any atom is -0.353 e. The van der Waals surface area contributed by atoms with Gasteiger partial charge in [-0.05, 0) is 42.8 Å². The van der Waals surface area contributed by atoms with Crippen molar-refractivity contribution in [2.24, 2.45) is 0 Å². The molecule has 0 aliphatic heterocycles. The van der Waals surface area contributed by atoms with E-state index in [2.05, 4.69) is 62.3 Å². The first kappa shape index (κ1) is 12.6. The van der Waals surface area contributed by atoms with E-state index in [-0.39, 0.29) is 0 Å². The van der Waals surface area contributed by atoms with Crippen LogP contribution in [0.3, 0.4) is 0 Å². The minimum absolute atomic E-state index is 0.394. The molecule has 0 bridgehead atoms. The number of imidazole rings is 1. The van der Waals surface area contributed by atoms with E-state index in [4.69, 9.17) is 0 Å². The van der Waals surface area contributed by atoms with E-state index < -0.39 is 0 Å². The smallest absolute Gasteiger partial charge is 0.203 e. The van der Waals surface area contributed by atoms with Crippen molar-refractivity contribution in [3.63, 3.8) is 0 Å². The molecule has 0 spiro atoms. The highest BCUT2D eigenvalue weighted by atomic mass is 79.9. The highest BCUT2D eigenvalue weighted by Gasteiger charge is 2.08. The Morgan fingerprint density at radius 2 is 2.29 bits per heavy atom. The molecule has 2 aromatic rings. The van der Waals surface area contributed by atoms with Gasteiger partial charge in [0.15, 0.2) is 0 Å². The molecule has 0 aromatic carbocycles. The molecule has 92 valence electrons. The second kappa shape index (κ2) is 5.23. The van der Waals surface area contributed by atoms with E-state index in [0.717, 1.165) is 22.7 Å². The molecule has 0 atom stereocenters. The van der Waals surface area contributed by atoms with Crippen LogP contribution in [0, 0.1) is 6.92 Å². The van der Waals surface area contributed by atoms with Gasteiger partial charge in [-0.1, -0.05) is 0 Å². The fraction of sp³-hybridized carbons (Fsp3) is 0.417. The maximum atomic E-state index is 4.50. The second-order valence-corrected chi connectivity index (χ2v) is 6.28. The number of thiophene rings is 1. The van der Waals surface area contributed by atoms with Gasteiger partial charge in [0.05, 0.1) is 12.2 Å². The number of nitrogens with zero attached hydrogens (tertiary/aromatic N) is 2. The highest BCUT2D eigenvalue weighted by Crippen LogP contribution is 2.22. The zero-order chi connectivity index (χ0) is 12.4. The van der Waals surface area contributed by atoms with Crippen molar-refractivity contribution in [1.82, 2.24) is 9.55 Å². The lowest BCUT2D eigenvalue weighted by Crippen LogP contribution is -2.14. The van der Waals surface area contributed by atoms with E-state index in [1.54, 1.807) is 11.3 Å². The predicted octanol–water partition coefficient (Wildman–Crippen LogP) is 3.88. The van der Waals surface area contributed by atoms with Crippen LogP contribution < -0.4 is 5.32 Å². The van der Waals surface area contributed by atoms with Gasteiger partial charge in [-0.15, -0.1) is 11.3 Å². The lowest BCUT2D eigenvalue weighted by atomic mass is 10.4. The van der Waals surface area contributed by atoms with Crippen LogP contribution in [0.1, 0.15) is 24.4 Å². The van der Waals surface area contributed by atoms with E-state index in [1.165, 1.54) is 4.88 Å². The molecule has 1 N–H and O–H groups in total. The summed E-state index contributed by atoms with van der Waals surface area (Å²) in [5.74, 6) is 0.946. The summed E-state index contributed by atoms with van der Waals surface area (Å²) in [4.78, 5) is 5.82. The quantitative estimate of drug-likeness (QED) is 0.928. The SMILES string of the molecule is Cc1cn(Cc2cc(Br)cs2)c(NC(C)C)n1. The third-order valence-corrected chi connectivity index (χ3v) is 3.95. The number of hydrogen-bond donors (Lipinski definition) is 1. The van der Waals surface area contributed by atoms with Crippen LogP contribution in [0.5, 0.6) is 0 Å². The molecule has 0 radical (unpaired) electrons. The number of hydrogen-bond acceptors (Lipinski definition) is 3.